The molecule has 3 rings (SSSR count). The molecule has 0 saturated heterocycles. The summed E-state index contributed by atoms with van der Waals surface area (Å²) in [6.07, 6.45) is 3.56. The van der Waals surface area contributed by atoms with Crippen LogP contribution in [0.3, 0.4) is 0 Å². The molecule has 0 saturated carbocycles. The first-order valence-corrected chi connectivity index (χ1v) is 8.09. The number of rotatable bonds is 7. The first kappa shape index (κ1) is 16.7. The van der Waals surface area contributed by atoms with Crippen LogP contribution in [0.5, 0.6) is 5.75 Å². The second-order valence-electron chi connectivity index (χ2n) is 5.59. The number of ether oxygens (including phenoxy) is 1. The molecule has 0 fully saturated rings. The van der Waals surface area contributed by atoms with Crippen molar-refractivity contribution in [2.45, 2.75) is 20.0 Å². The van der Waals surface area contributed by atoms with Gasteiger partial charge in [-0.3, -0.25) is 4.98 Å². The molecule has 0 aliphatic heterocycles. The van der Waals surface area contributed by atoms with E-state index in [4.69, 9.17) is 4.74 Å². The summed E-state index contributed by atoms with van der Waals surface area (Å²) in [6.45, 7) is 3.23. The van der Waals surface area contributed by atoms with Crippen LogP contribution >= 0.6 is 0 Å². The molecule has 6 heteroatoms. The third-order valence-corrected chi connectivity index (χ3v) is 3.71. The molecule has 0 atom stereocenters. The number of hydrogen-bond acceptors (Lipinski definition) is 6. The zero-order valence-corrected chi connectivity index (χ0v) is 14.4. The average Bonchev–Trinajstić information content (AvgIpc) is 2.65. The normalized spacial score (nSPS) is 10.3. The highest BCUT2D eigenvalue weighted by Gasteiger charge is 2.05. The van der Waals surface area contributed by atoms with Crippen molar-refractivity contribution in [3.63, 3.8) is 0 Å². The number of pyridine rings is 1. The quantitative estimate of drug-likeness (QED) is 0.689. The van der Waals surface area contributed by atoms with Crippen molar-refractivity contribution >= 4 is 11.8 Å². The van der Waals surface area contributed by atoms with E-state index < -0.39 is 0 Å². The molecule has 25 heavy (non-hydrogen) atoms. The molecule has 0 amide bonds. The fourth-order valence-corrected chi connectivity index (χ4v) is 2.45. The Bertz CT molecular complexity index is 823. The van der Waals surface area contributed by atoms with Crippen molar-refractivity contribution in [3.05, 3.63) is 71.7 Å². The van der Waals surface area contributed by atoms with Crippen LogP contribution in [-0.4, -0.2) is 22.1 Å². The van der Waals surface area contributed by atoms with Gasteiger partial charge in [-0.25, -0.2) is 4.98 Å². The lowest BCUT2D eigenvalue weighted by Crippen LogP contribution is -2.08. The van der Waals surface area contributed by atoms with Gasteiger partial charge in [-0.2, -0.15) is 4.98 Å². The van der Waals surface area contributed by atoms with Gasteiger partial charge >= 0.3 is 0 Å². The maximum atomic E-state index is 5.37. The number of para-hydroxylation sites is 1. The van der Waals surface area contributed by atoms with Crippen LogP contribution < -0.4 is 15.4 Å². The summed E-state index contributed by atoms with van der Waals surface area (Å²) in [6, 6.07) is 13.8. The number of benzene rings is 1. The average molecular weight is 335 g/mol. The molecular formula is C19H21N5O. The Morgan fingerprint density at radius 2 is 1.76 bits per heavy atom. The van der Waals surface area contributed by atoms with Crippen molar-refractivity contribution in [2.24, 2.45) is 0 Å². The van der Waals surface area contributed by atoms with E-state index in [1.165, 1.54) is 0 Å². The predicted octanol–water partition coefficient (Wildman–Crippen LogP) is 3.41. The number of anilines is 2. The van der Waals surface area contributed by atoms with Crippen LogP contribution in [0.1, 0.15) is 16.8 Å². The topological polar surface area (TPSA) is 72.0 Å². The minimum atomic E-state index is 0.586. The number of nitrogens with zero attached hydrogens (tertiary/aromatic N) is 3. The summed E-state index contributed by atoms with van der Waals surface area (Å²) in [5.41, 5.74) is 3.10. The van der Waals surface area contributed by atoms with E-state index in [0.717, 1.165) is 28.4 Å². The lowest BCUT2D eigenvalue weighted by atomic mass is 10.2. The molecule has 0 unspecified atom stereocenters. The Morgan fingerprint density at radius 3 is 2.56 bits per heavy atom. The first-order valence-electron chi connectivity index (χ1n) is 8.09. The lowest BCUT2D eigenvalue weighted by Gasteiger charge is -2.11. The monoisotopic (exact) mass is 335 g/mol. The smallest absolute Gasteiger partial charge is 0.225 e. The Hall–Kier alpha value is -3.15. The molecule has 6 nitrogen and oxygen atoms in total. The molecule has 0 radical (unpaired) electrons. The van der Waals surface area contributed by atoms with Crippen molar-refractivity contribution in [1.82, 2.24) is 15.0 Å². The Balaban J connectivity index is 1.67. The highest BCUT2D eigenvalue weighted by molar-refractivity contribution is 5.44. The highest BCUT2D eigenvalue weighted by atomic mass is 16.5. The molecule has 0 aliphatic carbocycles. The second-order valence-corrected chi connectivity index (χ2v) is 5.59. The predicted molar refractivity (Wildman–Crippen MR) is 98.7 cm³/mol. The van der Waals surface area contributed by atoms with Gasteiger partial charge in [-0.05, 0) is 30.7 Å². The van der Waals surface area contributed by atoms with Crippen LogP contribution in [0.2, 0.25) is 0 Å². The van der Waals surface area contributed by atoms with Gasteiger partial charge in [-0.15, -0.1) is 0 Å². The van der Waals surface area contributed by atoms with E-state index in [9.17, 15) is 0 Å². The molecule has 128 valence electrons. The van der Waals surface area contributed by atoms with Crippen molar-refractivity contribution in [2.75, 3.05) is 17.7 Å². The van der Waals surface area contributed by atoms with Crippen molar-refractivity contribution in [3.8, 4) is 5.75 Å². The Kier molecular flexibility index (Phi) is 5.41. The minimum Gasteiger partial charge on any atom is -0.496 e. The van der Waals surface area contributed by atoms with Crippen LogP contribution in [0.25, 0.3) is 0 Å². The van der Waals surface area contributed by atoms with Gasteiger partial charge in [0.1, 0.15) is 11.6 Å². The van der Waals surface area contributed by atoms with Crippen LogP contribution in [0.4, 0.5) is 11.8 Å². The standard InChI is InChI=1S/C19H21N5O/c1-14-11-18(21-12-15-7-9-20-10-8-15)24-19(23-14)22-13-16-5-3-4-6-17(16)25-2/h3-11H,12-13H2,1-2H3,(H2,21,22,23,24). The summed E-state index contributed by atoms with van der Waals surface area (Å²) in [7, 11) is 1.67. The number of aromatic nitrogens is 3. The highest BCUT2D eigenvalue weighted by Crippen LogP contribution is 2.19. The number of nitrogens with one attached hydrogen (secondary N) is 2. The number of aryl methyl sites for hydroxylation is 1. The van der Waals surface area contributed by atoms with Gasteiger partial charge in [0.15, 0.2) is 0 Å². The van der Waals surface area contributed by atoms with Crippen molar-refractivity contribution < 1.29 is 4.74 Å². The fourth-order valence-electron chi connectivity index (χ4n) is 2.45. The SMILES string of the molecule is COc1ccccc1CNc1nc(C)cc(NCc2ccncc2)n1. The summed E-state index contributed by atoms with van der Waals surface area (Å²) in [5.74, 6) is 2.22. The summed E-state index contributed by atoms with van der Waals surface area (Å²) < 4.78 is 5.37. The molecule has 0 bridgehead atoms. The van der Waals surface area contributed by atoms with Gasteiger partial charge in [0, 0.05) is 42.8 Å². The van der Waals surface area contributed by atoms with Crippen LogP contribution in [0.15, 0.2) is 54.9 Å². The van der Waals surface area contributed by atoms with E-state index in [1.54, 1.807) is 19.5 Å². The maximum Gasteiger partial charge on any atom is 0.225 e. The van der Waals surface area contributed by atoms with Crippen LogP contribution in [0, 0.1) is 6.92 Å². The lowest BCUT2D eigenvalue weighted by molar-refractivity contribution is 0.410. The van der Waals surface area contributed by atoms with Gasteiger partial charge in [0.25, 0.3) is 0 Å². The molecule has 2 N–H and O–H groups in total. The number of methoxy groups -OCH3 is 1. The largest absolute Gasteiger partial charge is 0.496 e. The summed E-state index contributed by atoms with van der Waals surface area (Å²) >= 11 is 0. The van der Waals surface area contributed by atoms with E-state index >= 15 is 0 Å². The third kappa shape index (κ3) is 4.67. The van der Waals surface area contributed by atoms with E-state index in [1.807, 2.05) is 49.4 Å². The summed E-state index contributed by atoms with van der Waals surface area (Å²) in [5, 5.41) is 6.58. The van der Waals surface area contributed by atoms with Crippen molar-refractivity contribution in [1.29, 1.82) is 0 Å². The second kappa shape index (κ2) is 8.10. The molecular weight excluding hydrogens is 314 g/mol. The molecule has 1 aromatic carbocycles. The van der Waals surface area contributed by atoms with Crippen LogP contribution in [-0.2, 0) is 13.1 Å². The van der Waals surface area contributed by atoms with Gasteiger partial charge in [0.05, 0.1) is 7.11 Å². The number of hydrogen-bond donors (Lipinski definition) is 2. The molecule has 0 aliphatic rings. The van der Waals surface area contributed by atoms with E-state index in [-0.39, 0.29) is 0 Å². The zero-order valence-electron chi connectivity index (χ0n) is 14.4. The van der Waals surface area contributed by atoms with E-state index in [2.05, 4.69) is 25.6 Å². The van der Waals surface area contributed by atoms with Gasteiger partial charge < -0.3 is 15.4 Å². The minimum absolute atomic E-state index is 0.586. The van der Waals surface area contributed by atoms with Gasteiger partial charge in [-0.1, -0.05) is 18.2 Å². The Labute approximate surface area is 147 Å². The molecule has 2 aromatic heterocycles. The van der Waals surface area contributed by atoms with Gasteiger partial charge in [0.2, 0.25) is 5.95 Å². The Morgan fingerprint density at radius 1 is 0.960 bits per heavy atom. The molecule has 3 aromatic rings. The third-order valence-electron chi connectivity index (χ3n) is 3.71. The maximum absolute atomic E-state index is 5.37. The fraction of sp³-hybridized carbons (Fsp3) is 0.211. The summed E-state index contributed by atoms with van der Waals surface area (Å²) in [4.78, 5) is 13.0. The molecule has 2 heterocycles. The molecule has 0 spiro atoms. The zero-order chi connectivity index (χ0) is 17.5. The van der Waals surface area contributed by atoms with E-state index in [0.29, 0.717) is 19.0 Å². The first-order chi connectivity index (χ1) is 12.2.